The Morgan fingerprint density at radius 3 is 2.96 bits per heavy atom. The zero-order valence-electron chi connectivity index (χ0n) is 14.8. The lowest BCUT2D eigenvalue weighted by atomic mass is 9.70. The van der Waals surface area contributed by atoms with Gasteiger partial charge in [-0.3, -0.25) is 14.5 Å². The summed E-state index contributed by atoms with van der Waals surface area (Å²) < 4.78 is 5.70. The smallest absolute Gasteiger partial charge is 0.316 e. The molecule has 6 heteroatoms. The maximum absolute atomic E-state index is 13.6. The van der Waals surface area contributed by atoms with Crippen LogP contribution in [0.4, 0.5) is 5.69 Å². The van der Waals surface area contributed by atoms with Crippen molar-refractivity contribution in [1.82, 2.24) is 4.90 Å². The molecule has 4 aliphatic rings. The van der Waals surface area contributed by atoms with E-state index in [9.17, 15) is 9.59 Å². The topological polar surface area (TPSA) is 58.6 Å². The minimum Gasteiger partial charge on any atom is -0.426 e. The molecule has 0 radical (unpaired) electrons. The van der Waals surface area contributed by atoms with Gasteiger partial charge in [-0.1, -0.05) is 35.9 Å². The first-order valence-corrected chi connectivity index (χ1v) is 10.4. The third-order valence-corrected chi connectivity index (χ3v) is 7.55. The van der Waals surface area contributed by atoms with Crippen molar-refractivity contribution in [3.05, 3.63) is 59.2 Å². The molecule has 4 heterocycles. The Balaban J connectivity index is 1.69. The second-order valence-electron chi connectivity index (χ2n) is 7.77. The quantitative estimate of drug-likeness (QED) is 0.564. The number of para-hydroxylation sites is 1. The highest BCUT2D eigenvalue weighted by Crippen LogP contribution is 2.63. The molecule has 136 valence electrons. The second kappa shape index (κ2) is 5.14. The number of ether oxygens (including phenoxy) is 1. The molecule has 2 saturated heterocycles. The minimum atomic E-state index is -0.851. The normalized spacial score (nSPS) is 33.3. The van der Waals surface area contributed by atoms with Gasteiger partial charge in [0.1, 0.15) is 11.3 Å². The highest BCUT2D eigenvalue weighted by Gasteiger charge is 2.71. The first-order chi connectivity index (χ1) is 13.1. The SMILES string of the molecule is Cc1ccc2c(c1)[C@]1(C(=O)N2)[C@H]2c3ccccc3OC(=O)[C@H]2[C@@H]2CSCN21. The highest BCUT2D eigenvalue weighted by atomic mass is 32.2. The van der Waals surface area contributed by atoms with E-state index in [1.54, 1.807) is 11.8 Å². The fourth-order valence-corrected chi connectivity index (χ4v) is 6.84. The zero-order chi connectivity index (χ0) is 18.3. The lowest BCUT2D eigenvalue weighted by Crippen LogP contribution is -2.50. The number of benzene rings is 2. The van der Waals surface area contributed by atoms with Gasteiger partial charge in [0, 0.05) is 40.4 Å². The van der Waals surface area contributed by atoms with E-state index in [2.05, 4.69) is 16.3 Å². The predicted molar refractivity (Wildman–Crippen MR) is 103 cm³/mol. The van der Waals surface area contributed by atoms with Gasteiger partial charge in [0.15, 0.2) is 0 Å². The molecule has 5 nitrogen and oxygen atoms in total. The summed E-state index contributed by atoms with van der Waals surface area (Å²) >= 11 is 1.79. The monoisotopic (exact) mass is 378 g/mol. The van der Waals surface area contributed by atoms with Gasteiger partial charge in [0.05, 0.1) is 5.92 Å². The van der Waals surface area contributed by atoms with Crippen LogP contribution >= 0.6 is 11.8 Å². The molecule has 4 atom stereocenters. The zero-order valence-corrected chi connectivity index (χ0v) is 15.6. The summed E-state index contributed by atoms with van der Waals surface area (Å²) in [5.74, 6) is 1.39. The van der Waals surface area contributed by atoms with Crippen LogP contribution in [0.15, 0.2) is 42.5 Å². The summed E-state index contributed by atoms with van der Waals surface area (Å²) in [6, 6.07) is 13.8. The Hall–Kier alpha value is -2.31. The molecule has 0 aliphatic carbocycles. The molecular formula is C21H18N2O3S. The minimum absolute atomic E-state index is 0.0121. The van der Waals surface area contributed by atoms with Crippen LogP contribution in [-0.2, 0) is 15.1 Å². The van der Waals surface area contributed by atoms with E-state index in [1.807, 2.05) is 43.3 Å². The number of thioether (sulfide) groups is 1. The Labute approximate surface area is 161 Å². The van der Waals surface area contributed by atoms with E-state index < -0.39 is 5.54 Å². The average molecular weight is 378 g/mol. The highest BCUT2D eigenvalue weighted by molar-refractivity contribution is 7.99. The Kier molecular flexibility index (Phi) is 3.00. The van der Waals surface area contributed by atoms with Gasteiger partial charge in [-0.15, -0.1) is 11.8 Å². The van der Waals surface area contributed by atoms with Crippen LogP contribution in [0.5, 0.6) is 5.75 Å². The summed E-state index contributed by atoms with van der Waals surface area (Å²) in [6.07, 6.45) is 0. The van der Waals surface area contributed by atoms with Gasteiger partial charge in [-0.05, 0) is 19.1 Å². The molecule has 2 fully saturated rings. The molecule has 1 amide bonds. The molecule has 4 aliphatic heterocycles. The van der Waals surface area contributed by atoms with Crippen LogP contribution in [0, 0.1) is 12.8 Å². The number of carbonyl (C=O) groups is 2. The largest absolute Gasteiger partial charge is 0.426 e. The van der Waals surface area contributed by atoms with Crippen molar-refractivity contribution in [1.29, 1.82) is 0 Å². The van der Waals surface area contributed by atoms with Crippen LogP contribution in [-0.4, -0.2) is 34.4 Å². The molecule has 0 unspecified atom stereocenters. The number of hydrogen-bond acceptors (Lipinski definition) is 5. The van der Waals surface area contributed by atoms with Crippen molar-refractivity contribution in [3.8, 4) is 5.75 Å². The number of anilines is 1. The number of nitrogens with one attached hydrogen (secondary N) is 1. The van der Waals surface area contributed by atoms with E-state index in [4.69, 9.17) is 4.74 Å². The van der Waals surface area contributed by atoms with E-state index >= 15 is 0 Å². The molecule has 0 saturated carbocycles. The molecule has 0 bridgehead atoms. The predicted octanol–water partition coefficient (Wildman–Crippen LogP) is 2.85. The van der Waals surface area contributed by atoms with Crippen LogP contribution in [0.3, 0.4) is 0 Å². The Morgan fingerprint density at radius 1 is 1.22 bits per heavy atom. The van der Waals surface area contributed by atoms with Gasteiger partial charge in [0.25, 0.3) is 0 Å². The molecule has 2 aromatic carbocycles. The maximum Gasteiger partial charge on any atom is 0.316 e. The van der Waals surface area contributed by atoms with E-state index in [1.165, 1.54) is 0 Å². The number of rotatable bonds is 0. The fourth-order valence-electron chi connectivity index (χ4n) is 5.51. The summed E-state index contributed by atoms with van der Waals surface area (Å²) in [4.78, 5) is 28.8. The van der Waals surface area contributed by atoms with Gasteiger partial charge < -0.3 is 10.1 Å². The lowest BCUT2D eigenvalue weighted by Gasteiger charge is -2.38. The summed E-state index contributed by atoms with van der Waals surface area (Å²) in [6.45, 7) is 2.04. The number of esters is 1. The number of carbonyl (C=O) groups excluding carboxylic acids is 2. The van der Waals surface area contributed by atoms with E-state index in [-0.39, 0.29) is 29.8 Å². The van der Waals surface area contributed by atoms with Crippen molar-refractivity contribution < 1.29 is 14.3 Å². The average Bonchev–Trinajstić information content (AvgIpc) is 3.30. The molecule has 1 spiro atoms. The Bertz CT molecular complexity index is 1020. The van der Waals surface area contributed by atoms with Crippen molar-refractivity contribution in [2.75, 3.05) is 16.9 Å². The summed E-state index contributed by atoms with van der Waals surface area (Å²) in [5.41, 5.74) is 3.08. The summed E-state index contributed by atoms with van der Waals surface area (Å²) in [7, 11) is 0. The standard InChI is InChI=1S/C21H18N2O3S/c1-11-6-7-14-13(8-11)21(20(25)22-14)18-12-4-2-3-5-16(12)26-19(24)17(18)15-9-27-10-23(15)21/h2-8,15,17-18H,9-10H2,1H3,(H,22,25)/t15-,17-,18-,21+/m0/s1. The maximum atomic E-state index is 13.6. The molecular weight excluding hydrogens is 360 g/mol. The number of hydrogen-bond donors (Lipinski definition) is 1. The lowest BCUT2D eigenvalue weighted by molar-refractivity contribution is -0.141. The fraction of sp³-hybridized carbons (Fsp3) is 0.333. The number of nitrogens with zero attached hydrogens (tertiary/aromatic N) is 1. The third-order valence-electron chi connectivity index (χ3n) is 6.51. The molecule has 6 rings (SSSR count). The second-order valence-corrected chi connectivity index (χ2v) is 8.77. The summed E-state index contributed by atoms with van der Waals surface area (Å²) in [5, 5.41) is 3.11. The van der Waals surface area contributed by atoms with E-state index in [0.29, 0.717) is 5.75 Å². The molecule has 1 N–H and O–H groups in total. The number of fused-ring (bicyclic) bond motifs is 9. The van der Waals surface area contributed by atoms with Crippen molar-refractivity contribution in [2.45, 2.75) is 24.4 Å². The van der Waals surface area contributed by atoms with Crippen LogP contribution in [0.25, 0.3) is 0 Å². The number of aryl methyl sites for hydroxylation is 1. The van der Waals surface area contributed by atoms with Gasteiger partial charge >= 0.3 is 5.97 Å². The van der Waals surface area contributed by atoms with Gasteiger partial charge in [0.2, 0.25) is 5.91 Å². The molecule has 27 heavy (non-hydrogen) atoms. The van der Waals surface area contributed by atoms with Crippen molar-refractivity contribution >= 4 is 29.3 Å². The van der Waals surface area contributed by atoms with Gasteiger partial charge in [-0.25, -0.2) is 0 Å². The third kappa shape index (κ3) is 1.75. The van der Waals surface area contributed by atoms with Gasteiger partial charge in [-0.2, -0.15) is 0 Å². The van der Waals surface area contributed by atoms with Crippen molar-refractivity contribution in [3.63, 3.8) is 0 Å². The Morgan fingerprint density at radius 2 is 2.07 bits per heavy atom. The van der Waals surface area contributed by atoms with E-state index in [0.717, 1.165) is 34.0 Å². The molecule has 0 aromatic heterocycles. The number of amides is 1. The van der Waals surface area contributed by atoms with Crippen LogP contribution < -0.4 is 10.1 Å². The van der Waals surface area contributed by atoms with Crippen LogP contribution in [0.2, 0.25) is 0 Å². The first kappa shape index (κ1) is 15.7. The van der Waals surface area contributed by atoms with Crippen LogP contribution in [0.1, 0.15) is 22.6 Å². The molecule has 2 aromatic rings. The van der Waals surface area contributed by atoms with Crippen molar-refractivity contribution in [2.24, 2.45) is 5.92 Å². The first-order valence-electron chi connectivity index (χ1n) is 9.20.